The summed E-state index contributed by atoms with van der Waals surface area (Å²) in [6, 6.07) is 14.8. The smallest absolute Gasteiger partial charge is 0.264 e. The number of aryl methyl sites for hydroxylation is 1. The Morgan fingerprint density at radius 3 is 2.78 bits per heavy atom. The van der Waals surface area contributed by atoms with Gasteiger partial charge in [-0.05, 0) is 54.1 Å². The predicted molar refractivity (Wildman–Crippen MR) is 133 cm³/mol. The number of amides is 2. The lowest BCUT2D eigenvalue weighted by Crippen LogP contribution is -2.19. The molecule has 1 aliphatic heterocycles. The Kier molecular flexibility index (Phi) is 7.26. The number of amidine groups is 1. The average Bonchev–Trinajstić information content (AvgIpc) is 3.36. The highest BCUT2D eigenvalue weighted by atomic mass is 35.5. The minimum absolute atomic E-state index is 0.122. The fraction of sp³-hybridized carbons (Fsp3) is 0.0952. The van der Waals surface area contributed by atoms with Crippen LogP contribution in [0.1, 0.15) is 11.1 Å². The molecule has 2 amide bonds. The third kappa shape index (κ3) is 5.98. The number of aromatic nitrogens is 2. The predicted octanol–water partition coefficient (Wildman–Crippen LogP) is 5.12. The summed E-state index contributed by atoms with van der Waals surface area (Å²) in [6.45, 7) is 1.94. The molecular weight excluding hydrogens is 486 g/mol. The van der Waals surface area contributed by atoms with Crippen LogP contribution in [0.4, 0.5) is 10.8 Å². The van der Waals surface area contributed by atoms with E-state index in [1.165, 1.54) is 34.9 Å². The maximum atomic E-state index is 12.2. The van der Waals surface area contributed by atoms with Crippen molar-refractivity contribution < 1.29 is 9.59 Å². The van der Waals surface area contributed by atoms with Crippen LogP contribution in [-0.2, 0) is 9.59 Å². The van der Waals surface area contributed by atoms with Gasteiger partial charge in [-0.2, -0.15) is 4.99 Å². The molecule has 2 aromatic carbocycles. The first-order chi connectivity index (χ1) is 15.5. The molecule has 0 radical (unpaired) electrons. The van der Waals surface area contributed by atoms with E-state index in [4.69, 9.17) is 11.6 Å². The summed E-state index contributed by atoms with van der Waals surface area (Å²) in [7, 11) is 0. The van der Waals surface area contributed by atoms with Gasteiger partial charge in [-0.1, -0.05) is 65.0 Å². The van der Waals surface area contributed by atoms with Crippen LogP contribution in [0.3, 0.4) is 0 Å². The molecule has 0 aliphatic carbocycles. The van der Waals surface area contributed by atoms with Gasteiger partial charge in [0.05, 0.1) is 10.7 Å². The number of halogens is 1. The molecule has 3 aromatic rings. The second kappa shape index (κ2) is 10.3. The lowest BCUT2D eigenvalue weighted by Gasteiger charge is -2.06. The van der Waals surface area contributed by atoms with Crippen LogP contribution in [-0.4, -0.2) is 32.9 Å². The lowest BCUT2D eigenvalue weighted by molar-refractivity contribution is -0.115. The van der Waals surface area contributed by atoms with Crippen LogP contribution in [0, 0.1) is 6.92 Å². The van der Waals surface area contributed by atoms with Gasteiger partial charge in [-0.25, -0.2) is 0 Å². The zero-order chi connectivity index (χ0) is 22.5. The van der Waals surface area contributed by atoms with E-state index >= 15 is 0 Å². The standard InChI is InChI=1S/C21H16ClN5O2S3/c1-12-4-2-3-5-15(12)23-17(28)11-30-21-27-26-20(32-21)25-19-24-18(29)16(31-19)10-13-6-8-14(22)9-7-13/h2-10H,11H2,1H3,(H,23,28)(H,24,25,26,29)/b16-10-. The molecule has 162 valence electrons. The number of nitrogens with one attached hydrogen (secondary N) is 2. The van der Waals surface area contributed by atoms with E-state index in [1.54, 1.807) is 18.2 Å². The third-order valence-electron chi connectivity index (χ3n) is 4.16. The first-order valence-electron chi connectivity index (χ1n) is 9.33. The fourth-order valence-electron chi connectivity index (χ4n) is 2.61. The molecule has 11 heteroatoms. The van der Waals surface area contributed by atoms with E-state index in [-0.39, 0.29) is 17.6 Å². The minimum Gasteiger partial charge on any atom is -0.325 e. The highest BCUT2D eigenvalue weighted by Gasteiger charge is 2.24. The van der Waals surface area contributed by atoms with Gasteiger partial charge in [0.15, 0.2) is 9.51 Å². The van der Waals surface area contributed by atoms with Crippen molar-refractivity contribution in [3.05, 3.63) is 69.6 Å². The van der Waals surface area contributed by atoms with E-state index in [0.29, 0.717) is 24.6 Å². The number of anilines is 1. The Labute approximate surface area is 201 Å². The maximum absolute atomic E-state index is 12.2. The summed E-state index contributed by atoms with van der Waals surface area (Å²) in [5, 5.41) is 15.2. The highest BCUT2D eigenvalue weighted by molar-refractivity contribution is 8.18. The number of rotatable bonds is 6. The maximum Gasteiger partial charge on any atom is 0.264 e. The van der Waals surface area contributed by atoms with Crippen LogP contribution in [0.15, 0.2) is 62.8 Å². The van der Waals surface area contributed by atoms with Gasteiger partial charge in [0.2, 0.25) is 11.0 Å². The Morgan fingerprint density at radius 1 is 1.22 bits per heavy atom. The van der Waals surface area contributed by atoms with Crippen LogP contribution in [0.25, 0.3) is 6.08 Å². The van der Waals surface area contributed by atoms with Crippen molar-refractivity contribution in [2.24, 2.45) is 4.99 Å². The number of benzene rings is 2. The quantitative estimate of drug-likeness (QED) is 0.359. The van der Waals surface area contributed by atoms with Crippen LogP contribution < -0.4 is 10.6 Å². The van der Waals surface area contributed by atoms with E-state index in [1.807, 2.05) is 43.3 Å². The third-order valence-corrected chi connectivity index (χ3v) is 7.27. The molecule has 0 atom stereocenters. The summed E-state index contributed by atoms with van der Waals surface area (Å²) >= 11 is 9.66. The van der Waals surface area contributed by atoms with Crippen molar-refractivity contribution in [2.75, 3.05) is 11.1 Å². The number of para-hydroxylation sites is 1. The summed E-state index contributed by atoms with van der Waals surface area (Å²) in [5.74, 6) is -0.141. The van der Waals surface area contributed by atoms with Gasteiger partial charge in [-0.15, -0.1) is 10.2 Å². The molecule has 7 nitrogen and oxygen atoms in total. The lowest BCUT2D eigenvalue weighted by atomic mass is 10.2. The molecule has 0 spiro atoms. The van der Waals surface area contributed by atoms with E-state index in [9.17, 15) is 9.59 Å². The number of hydrogen-bond acceptors (Lipinski definition) is 8. The zero-order valence-corrected chi connectivity index (χ0v) is 19.9. The number of thioether (sulfide) groups is 2. The molecule has 2 heterocycles. The fourth-order valence-corrected chi connectivity index (χ4v) is 5.13. The molecule has 1 saturated heterocycles. The van der Waals surface area contributed by atoms with Gasteiger partial charge in [0, 0.05) is 10.7 Å². The van der Waals surface area contributed by atoms with Gasteiger partial charge in [0.1, 0.15) is 0 Å². The molecule has 4 rings (SSSR count). The molecule has 0 saturated carbocycles. The topological polar surface area (TPSA) is 96.3 Å². The molecule has 1 fully saturated rings. The van der Waals surface area contributed by atoms with Crippen molar-refractivity contribution >= 4 is 80.3 Å². The van der Waals surface area contributed by atoms with Crippen molar-refractivity contribution in [3.8, 4) is 0 Å². The summed E-state index contributed by atoms with van der Waals surface area (Å²) in [4.78, 5) is 29.3. The number of hydrogen-bond donors (Lipinski definition) is 2. The van der Waals surface area contributed by atoms with Crippen LogP contribution >= 0.6 is 46.5 Å². The monoisotopic (exact) mass is 501 g/mol. The molecule has 1 aliphatic rings. The van der Waals surface area contributed by atoms with Crippen molar-refractivity contribution in [2.45, 2.75) is 11.3 Å². The van der Waals surface area contributed by atoms with Crippen LogP contribution in [0.2, 0.25) is 5.02 Å². The summed E-state index contributed by atoms with van der Waals surface area (Å²) in [6.07, 6.45) is 1.77. The van der Waals surface area contributed by atoms with Crippen molar-refractivity contribution in [3.63, 3.8) is 0 Å². The first kappa shape index (κ1) is 22.5. The molecular formula is C21H16ClN5O2S3. The molecule has 0 unspecified atom stereocenters. The molecule has 0 bridgehead atoms. The van der Waals surface area contributed by atoms with Gasteiger partial charge in [-0.3, -0.25) is 9.59 Å². The summed E-state index contributed by atoms with van der Waals surface area (Å²) in [5.41, 5.74) is 2.66. The van der Waals surface area contributed by atoms with Crippen molar-refractivity contribution in [1.82, 2.24) is 15.5 Å². The summed E-state index contributed by atoms with van der Waals surface area (Å²) < 4.78 is 0.621. The number of aliphatic imine (C=N–C) groups is 1. The molecule has 1 aromatic heterocycles. The first-order valence-corrected chi connectivity index (χ1v) is 12.3. The second-order valence-corrected chi connectivity index (χ2v) is 10.2. The number of nitrogens with zero attached hydrogens (tertiary/aromatic N) is 3. The SMILES string of the molecule is Cc1ccccc1NC(=O)CSc1nnc(/N=C2\NC(=O)/C(=C/c3ccc(Cl)cc3)S2)s1. The average molecular weight is 502 g/mol. The van der Waals surface area contributed by atoms with E-state index in [2.05, 4.69) is 25.8 Å². The van der Waals surface area contributed by atoms with Gasteiger partial charge < -0.3 is 10.6 Å². The number of carbonyl (C=O) groups is 2. The van der Waals surface area contributed by atoms with Gasteiger partial charge >= 0.3 is 0 Å². The van der Waals surface area contributed by atoms with E-state index in [0.717, 1.165) is 16.8 Å². The second-order valence-electron chi connectivity index (χ2n) is 6.54. The zero-order valence-electron chi connectivity index (χ0n) is 16.7. The number of carbonyl (C=O) groups excluding carboxylic acids is 2. The normalized spacial score (nSPS) is 15.9. The van der Waals surface area contributed by atoms with E-state index < -0.39 is 0 Å². The van der Waals surface area contributed by atoms with Crippen LogP contribution in [0.5, 0.6) is 0 Å². The van der Waals surface area contributed by atoms with Crippen molar-refractivity contribution in [1.29, 1.82) is 0 Å². The molecule has 32 heavy (non-hydrogen) atoms. The largest absolute Gasteiger partial charge is 0.325 e. The molecule has 2 N–H and O–H groups in total. The van der Waals surface area contributed by atoms with Gasteiger partial charge in [0.25, 0.3) is 5.91 Å². The Hall–Kier alpha value is -2.66. The Morgan fingerprint density at radius 2 is 2.00 bits per heavy atom. The highest BCUT2D eigenvalue weighted by Crippen LogP contribution is 2.31. The Bertz CT molecular complexity index is 1220. The minimum atomic E-state index is -0.226. The Balaban J connectivity index is 1.34.